The van der Waals surface area contributed by atoms with Crippen molar-refractivity contribution >= 4 is 23.8 Å². The number of nitrogens with one attached hydrogen (secondary N) is 1. The molecule has 0 bridgehead atoms. The lowest BCUT2D eigenvalue weighted by atomic mass is 10.1. The number of ether oxygens (including phenoxy) is 2. The zero-order valence-corrected chi connectivity index (χ0v) is 16.2. The van der Waals surface area contributed by atoms with E-state index in [0.29, 0.717) is 37.6 Å². The Bertz CT molecular complexity index is 864. The van der Waals surface area contributed by atoms with E-state index in [4.69, 9.17) is 9.47 Å². The first-order valence-corrected chi connectivity index (χ1v) is 9.83. The summed E-state index contributed by atoms with van der Waals surface area (Å²) in [5, 5.41) is 2.76. The van der Waals surface area contributed by atoms with Gasteiger partial charge in [-0.3, -0.25) is 19.3 Å². The predicted octanol–water partition coefficient (Wildman–Crippen LogP) is 1.37. The van der Waals surface area contributed by atoms with Crippen LogP contribution in [0.15, 0.2) is 18.2 Å². The molecule has 5 amide bonds. The largest absolute Gasteiger partial charge is 0.486 e. The molecule has 154 valence electrons. The maximum atomic E-state index is 12.6. The Hall–Kier alpha value is -3.10. The number of rotatable bonds is 5. The highest BCUT2D eigenvalue weighted by Crippen LogP contribution is 2.32. The highest BCUT2D eigenvalue weighted by atomic mass is 16.6. The minimum absolute atomic E-state index is 0.247. The zero-order chi connectivity index (χ0) is 20.5. The minimum Gasteiger partial charge on any atom is -0.486 e. The second-order valence-electron chi connectivity index (χ2n) is 7.48. The smallest absolute Gasteiger partial charge is 0.334 e. The summed E-state index contributed by atoms with van der Waals surface area (Å²) in [5.41, 5.74) is 0.797. The fraction of sp³-hybridized carbons (Fsp3) is 0.500. The van der Waals surface area contributed by atoms with E-state index in [-0.39, 0.29) is 12.1 Å². The van der Waals surface area contributed by atoms with Crippen LogP contribution >= 0.6 is 0 Å². The highest BCUT2D eigenvalue weighted by Gasteiger charge is 2.48. The van der Waals surface area contributed by atoms with Crippen molar-refractivity contribution in [2.24, 2.45) is 0 Å². The molecule has 1 aromatic carbocycles. The van der Waals surface area contributed by atoms with Crippen LogP contribution in [0.1, 0.15) is 44.2 Å². The lowest BCUT2D eigenvalue weighted by molar-refractivity contribution is -0.144. The van der Waals surface area contributed by atoms with Crippen molar-refractivity contribution in [2.75, 3.05) is 19.8 Å². The summed E-state index contributed by atoms with van der Waals surface area (Å²) in [4.78, 5) is 51.2. The fourth-order valence-electron chi connectivity index (χ4n) is 3.99. The van der Waals surface area contributed by atoms with Crippen molar-refractivity contribution < 1.29 is 28.7 Å². The number of carbonyl (C=O) groups excluding carboxylic acids is 4. The number of benzene rings is 1. The summed E-state index contributed by atoms with van der Waals surface area (Å²) < 4.78 is 11.0. The van der Waals surface area contributed by atoms with Gasteiger partial charge in [0.05, 0.1) is 6.04 Å². The van der Waals surface area contributed by atoms with E-state index >= 15 is 0 Å². The molecule has 1 saturated carbocycles. The van der Waals surface area contributed by atoms with E-state index in [1.165, 1.54) is 0 Å². The van der Waals surface area contributed by atoms with Gasteiger partial charge < -0.3 is 14.8 Å². The van der Waals surface area contributed by atoms with Crippen LogP contribution in [0.3, 0.4) is 0 Å². The van der Waals surface area contributed by atoms with Crippen LogP contribution in [0.2, 0.25) is 0 Å². The monoisotopic (exact) mass is 401 g/mol. The molecular formula is C20H23N3O6. The van der Waals surface area contributed by atoms with Gasteiger partial charge in [-0.1, -0.05) is 18.9 Å². The van der Waals surface area contributed by atoms with Gasteiger partial charge in [0.25, 0.3) is 0 Å². The number of nitrogens with zero attached hydrogens (tertiary/aromatic N) is 2. The maximum Gasteiger partial charge on any atom is 0.334 e. The predicted molar refractivity (Wildman–Crippen MR) is 100 cm³/mol. The number of hydrogen-bond acceptors (Lipinski definition) is 6. The van der Waals surface area contributed by atoms with Crippen LogP contribution in [0, 0.1) is 0 Å². The second kappa shape index (κ2) is 7.73. The number of imide groups is 2. The fourth-order valence-corrected chi connectivity index (χ4v) is 3.99. The molecule has 1 aliphatic carbocycles. The van der Waals surface area contributed by atoms with E-state index in [0.717, 1.165) is 28.2 Å². The lowest BCUT2D eigenvalue weighted by Gasteiger charge is -2.22. The van der Waals surface area contributed by atoms with Crippen LogP contribution in [-0.4, -0.2) is 59.4 Å². The Morgan fingerprint density at radius 2 is 1.79 bits per heavy atom. The van der Waals surface area contributed by atoms with Crippen LogP contribution < -0.4 is 14.8 Å². The summed E-state index contributed by atoms with van der Waals surface area (Å²) in [5.74, 6) is -1.04. The summed E-state index contributed by atoms with van der Waals surface area (Å²) in [6, 6.07) is 4.05. The molecule has 1 atom stereocenters. The van der Waals surface area contributed by atoms with Gasteiger partial charge in [0.15, 0.2) is 11.5 Å². The van der Waals surface area contributed by atoms with E-state index in [1.807, 2.05) is 6.07 Å². The summed E-state index contributed by atoms with van der Waals surface area (Å²) in [6.45, 7) is 2.25. The molecule has 0 spiro atoms. The maximum absolute atomic E-state index is 12.6. The van der Waals surface area contributed by atoms with Crippen molar-refractivity contribution in [1.29, 1.82) is 0 Å². The molecule has 29 heavy (non-hydrogen) atoms. The molecular weight excluding hydrogens is 378 g/mol. The molecule has 0 radical (unpaired) electrons. The SMILES string of the molecule is C[C@H](NC(=O)CN1C(=O)C(=O)N(C2CCCC2)C1=O)c1ccc2c(c1)OCCO2. The van der Waals surface area contributed by atoms with Crippen LogP contribution in [0.25, 0.3) is 0 Å². The van der Waals surface area contributed by atoms with Gasteiger partial charge in [-0.2, -0.15) is 0 Å². The number of fused-ring (bicyclic) bond motifs is 1. The van der Waals surface area contributed by atoms with Crippen molar-refractivity contribution in [3.63, 3.8) is 0 Å². The quantitative estimate of drug-likeness (QED) is 0.590. The van der Waals surface area contributed by atoms with Crippen molar-refractivity contribution in [3.8, 4) is 11.5 Å². The number of carbonyl (C=O) groups is 4. The zero-order valence-electron chi connectivity index (χ0n) is 16.2. The third-order valence-corrected chi connectivity index (χ3v) is 5.52. The Morgan fingerprint density at radius 1 is 1.10 bits per heavy atom. The molecule has 9 nitrogen and oxygen atoms in total. The third kappa shape index (κ3) is 3.64. The van der Waals surface area contributed by atoms with Crippen molar-refractivity contribution in [3.05, 3.63) is 23.8 Å². The normalized spacial score (nSPS) is 20.4. The molecule has 1 aromatic rings. The average Bonchev–Trinajstić information content (AvgIpc) is 3.31. The summed E-state index contributed by atoms with van der Waals surface area (Å²) in [7, 11) is 0. The summed E-state index contributed by atoms with van der Waals surface area (Å²) in [6.07, 6.45) is 3.24. The molecule has 2 heterocycles. The first kappa shape index (κ1) is 19.2. The average molecular weight is 401 g/mol. The lowest BCUT2D eigenvalue weighted by Crippen LogP contribution is -2.43. The van der Waals surface area contributed by atoms with E-state index in [9.17, 15) is 19.2 Å². The Kier molecular flexibility index (Phi) is 5.12. The molecule has 0 unspecified atom stereocenters. The Labute approximate surface area is 167 Å². The van der Waals surface area contributed by atoms with Gasteiger partial charge in [-0.05, 0) is 37.5 Å². The van der Waals surface area contributed by atoms with E-state index < -0.39 is 30.3 Å². The minimum atomic E-state index is -0.941. The topological polar surface area (TPSA) is 105 Å². The standard InChI is InChI=1S/C20H23N3O6/c1-12(13-6-7-15-16(10-13)29-9-8-28-15)21-17(24)11-22-18(25)19(26)23(20(22)27)14-4-2-3-5-14/h6-7,10,12,14H,2-5,8-9,11H2,1H3,(H,21,24)/t12-/m0/s1. The molecule has 4 rings (SSSR count). The Morgan fingerprint density at radius 3 is 2.52 bits per heavy atom. The van der Waals surface area contributed by atoms with Crippen LogP contribution in [0.4, 0.5) is 4.79 Å². The van der Waals surface area contributed by atoms with Crippen LogP contribution in [-0.2, 0) is 14.4 Å². The van der Waals surface area contributed by atoms with Gasteiger partial charge in [0.2, 0.25) is 5.91 Å². The molecule has 2 aliphatic heterocycles. The van der Waals surface area contributed by atoms with Crippen molar-refractivity contribution in [2.45, 2.75) is 44.7 Å². The molecule has 2 fully saturated rings. The molecule has 9 heteroatoms. The van der Waals surface area contributed by atoms with Gasteiger partial charge in [-0.15, -0.1) is 0 Å². The first-order chi connectivity index (χ1) is 14.0. The first-order valence-electron chi connectivity index (χ1n) is 9.83. The van der Waals surface area contributed by atoms with E-state index in [1.54, 1.807) is 19.1 Å². The second-order valence-corrected chi connectivity index (χ2v) is 7.48. The summed E-state index contributed by atoms with van der Waals surface area (Å²) >= 11 is 0. The van der Waals surface area contributed by atoms with Crippen molar-refractivity contribution in [1.82, 2.24) is 15.1 Å². The highest BCUT2D eigenvalue weighted by molar-refractivity contribution is 6.45. The van der Waals surface area contributed by atoms with Gasteiger partial charge >= 0.3 is 17.8 Å². The Balaban J connectivity index is 1.39. The molecule has 1 saturated heterocycles. The number of urea groups is 1. The van der Waals surface area contributed by atoms with Gasteiger partial charge in [0, 0.05) is 6.04 Å². The molecule has 3 aliphatic rings. The van der Waals surface area contributed by atoms with Crippen LogP contribution in [0.5, 0.6) is 11.5 Å². The van der Waals surface area contributed by atoms with Gasteiger partial charge in [-0.25, -0.2) is 9.69 Å². The number of hydrogen-bond donors (Lipinski definition) is 1. The van der Waals surface area contributed by atoms with E-state index in [2.05, 4.69) is 5.32 Å². The number of amides is 5. The molecule has 0 aromatic heterocycles. The molecule has 1 N–H and O–H groups in total. The van der Waals surface area contributed by atoms with Gasteiger partial charge in [0.1, 0.15) is 19.8 Å². The third-order valence-electron chi connectivity index (χ3n) is 5.52.